The first kappa shape index (κ1) is 34.7. The number of benzene rings is 1. The third-order valence-corrected chi connectivity index (χ3v) is 8.19. The van der Waals surface area contributed by atoms with Crippen LogP contribution in [0.15, 0.2) is 39.9 Å². The first-order valence-electron chi connectivity index (χ1n) is 17.0. The molecule has 0 atom stereocenters. The molecule has 2 aromatic rings. The van der Waals surface area contributed by atoms with Crippen LogP contribution in [0.2, 0.25) is 0 Å². The second-order valence-corrected chi connectivity index (χ2v) is 11.8. The van der Waals surface area contributed by atoms with Crippen LogP contribution in [-0.4, -0.2) is 22.6 Å². The van der Waals surface area contributed by atoms with Gasteiger partial charge in [-0.2, -0.15) is 0 Å². The van der Waals surface area contributed by atoms with Crippen LogP contribution in [0, 0.1) is 0 Å². The highest BCUT2D eigenvalue weighted by Crippen LogP contribution is 2.25. The summed E-state index contributed by atoms with van der Waals surface area (Å²) in [6, 6.07) is 9.93. The lowest BCUT2D eigenvalue weighted by molar-refractivity contribution is 0.557. The quantitative estimate of drug-likeness (QED) is 0.117. The molecular weight excluding hydrogens is 508 g/mol. The van der Waals surface area contributed by atoms with E-state index in [1.165, 1.54) is 129 Å². The number of nitrogens with one attached hydrogen (secondary N) is 2. The maximum atomic E-state index is 12.4. The molecular formula is C35H60N4O2. The number of aromatic nitrogens is 2. The van der Waals surface area contributed by atoms with E-state index in [4.69, 9.17) is 0 Å². The smallest absolute Gasteiger partial charge is 0.329 e. The van der Waals surface area contributed by atoms with Gasteiger partial charge >= 0.3 is 5.69 Å². The Morgan fingerprint density at radius 1 is 0.659 bits per heavy atom. The Morgan fingerprint density at radius 2 is 1.12 bits per heavy atom. The number of rotatable bonds is 25. The lowest BCUT2D eigenvalue weighted by Gasteiger charge is -2.25. The predicted molar refractivity (Wildman–Crippen MR) is 178 cm³/mol. The first-order valence-corrected chi connectivity index (χ1v) is 17.0. The van der Waals surface area contributed by atoms with Gasteiger partial charge in [0.05, 0.1) is 0 Å². The van der Waals surface area contributed by atoms with E-state index in [0.717, 1.165) is 41.9 Å². The highest BCUT2D eigenvalue weighted by Gasteiger charge is 2.13. The van der Waals surface area contributed by atoms with E-state index in [1.807, 2.05) is 0 Å². The minimum atomic E-state index is -0.379. The molecule has 232 valence electrons. The fraction of sp³-hybridized carbons (Fsp3) is 0.714. The van der Waals surface area contributed by atoms with Crippen molar-refractivity contribution in [1.82, 2.24) is 9.55 Å². The molecule has 0 spiro atoms. The van der Waals surface area contributed by atoms with Crippen molar-refractivity contribution < 1.29 is 0 Å². The molecule has 2 N–H and O–H groups in total. The summed E-state index contributed by atoms with van der Waals surface area (Å²) in [6.07, 6.45) is 26.2. The Labute approximate surface area is 250 Å². The average molecular weight is 569 g/mol. The molecule has 0 bridgehead atoms. The fourth-order valence-electron chi connectivity index (χ4n) is 5.44. The molecule has 0 aliphatic carbocycles. The van der Waals surface area contributed by atoms with Crippen LogP contribution in [0.4, 0.5) is 17.2 Å². The number of anilines is 3. The van der Waals surface area contributed by atoms with Crippen LogP contribution >= 0.6 is 0 Å². The van der Waals surface area contributed by atoms with Crippen molar-refractivity contribution in [3.8, 4) is 0 Å². The first-order chi connectivity index (χ1) is 20.1. The van der Waals surface area contributed by atoms with Gasteiger partial charge in [0.2, 0.25) is 0 Å². The summed E-state index contributed by atoms with van der Waals surface area (Å²) in [5, 5.41) is 3.56. The lowest BCUT2D eigenvalue weighted by atomic mass is 10.1. The molecule has 1 aromatic heterocycles. The Balaban J connectivity index is 1.80. The van der Waals surface area contributed by atoms with E-state index in [1.54, 1.807) is 0 Å². The minimum Gasteiger partial charge on any atom is -0.385 e. The molecule has 2 rings (SSSR count). The van der Waals surface area contributed by atoms with Crippen LogP contribution in [0.3, 0.4) is 0 Å². The fourth-order valence-corrected chi connectivity index (χ4v) is 5.44. The van der Waals surface area contributed by atoms with Crippen LogP contribution in [0.25, 0.3) is 0 Å². The van der Waals surface area contributed by atoms with Gasteiger partial charge in [-0.25, -0.2) is 4.79 Å². The summed E-state index contributed by atoms with van der Waals surface area (Å²) in [4.78, 5) is 29.7. The molecule has 1 heterocycles. The summed E-state index contributed by atoms with van der Waals surface area (Å²) >= 11 is 0. The molecule has 1 aromatic carbocycles. The third-order valence-electron chi connectivity index (χ3n) is 8.19. The normalized spacial score (nSPS) is 11.2. The third kappa shape index (κ3) is 14.8. The number of unbranched alkanes of at least 4 members (excludes halogenated alkanes) is 18. The Kier molecular flexibility index (Phi) is 18.7. The minimum absolute atomic E-state index is 0.286. The molecule has 0 radical (unpaired) electrons. The second kappa shape index (κ2) is 22.1. The van der Waals surface area contributed by atoms with E-state index >= 15 is 0 Å². The molecule has 0 unspecified atom stereocenters. The van der Waals surface area contributed by atoms with Gasteiger partial charge < -0.3 is 10.2 Å². The van der Waals surface area contributed by atoms with Crippen molar-refractivity contribution in [2.75, 3.05) is 23.3 Å². The van der Waals surface area contributed by atoms with Crippen LogP contribution in [0.1, 0.15) is 142 Å². The standard InChI is InChI=1S/C35H60N4O2/c1-4-6-8-10-12-14-16-18-20-22-28-36-31-24-26-32(27-25-31)39(33-30-34(40)38(3)35(41)37-33)29-23-21-19-17-15-13-11-9-7-5-2/h24-27,30,36H,4-23,28-29H2,1-3H3,(H,37,41). The Morgan fingerprint density at radius 3 is 1.61 bits per heavy atom. The zero-order valence-electron chi connectivity index (χ0n) is 26.7. The van der Waals surface area contributed by atoms with Crippen molar-refractivity contribution >= 4 is 17.2 Å². The maximum absolute atomic E-state index is 12.4. The van der Waals surface area contributed by atoms with Gasteiger partial charge in [0.25, 0.3) is 5.56 Å². The summed E-state index contributed by atoms with van der Waals surface area (Å²) in [5.41, 5.74) is 1.44. The zero-order chi connectivity index (χ0) is 29.5. The van der Waals surface area contributed by atoms with Crippen molar-refractivity contribution in [1.29, 1.82) is 0 Å². The van der Waals surface area contributed by atoms with E-state index in [0.29, 0.717) is 5.82 Å². The molecule has 0 saturated heterocycles. The van der Waals surface area contributed by atoms with Crippen LogP contribution < -0.4 is 21.5 Å². The van der Waals surface area contributed by atoms with Gasteiger partial charge in [-0.15, -0.1) is 0 Å². The second-order valence-electron chi connectivity index (χ2n) is 11.8. The number of H-pyrrole nitrogens is 1. The monoisotopic (exact) mass is 568 g/mol. The average Bonchev–Trinajstić information content (AvgIpc) is 2.98. The highest BCUT2D eigenvalue weighted by molar-refractivity contribution is 5.62. The summed E-state index contributed by atoms with van der Waals surface area (Å²) in [6.45, 7) is 6.29. The van der Waals surface area contributed by atoms with Gasteiger partial charge in [-0.1, -0.05) is 129 Å². The summed E-state index contributed by atoms with van der Waals surface area (Å²) in [5.74, 6) is 0.570. The molecule has 0 fully saturated rings. The van der Waals surface area contributed by atoms with E-state index in [2.05, 4.69) is 53.3 Å². The number of hydrogen-bond acceptors (Lipinski definition) is 4. The predicted octanol–water partition coefficient (Wildman–Crippen LogP) is 9.47. The van der Waals surface area contributed by atoms with Crippen LogP contribution in [-0.2, 0) is 7.05 Å². The highest BCUT2D eigenvalue weighted by atomic mass is 16.2. The van der Waals surface area contributed by atoms with E-state index in [9.17, 15) is 9.59 Å². The SMILES string of the molecule is CCCCCCCCCCCCNc1ccc(N(CCCCCCCCCCCC)c2cc(=O)n(C)c(=O)[nH]2)cc1. The molecule has 0 aliphatic heterocycles. The van der Waals surface area contributed by atoms with Crippen molar-refractivity contribution in [3.63, 3.8) is 0 Å². The molecule has 41 heavy (non-hydrogen) atoms. The molecule has 0 aliphatic rings. The van der Waals surface area contributed by atoms with Crippen LogP contribution in [0.5, 0.6) is 0 Å². The summed E-state index contributed by atoms with van der Waals surface area (Å²) in [7, 11) is 1.51. The van der Waals surface area contributed by atoms with E-state index in [-0.39, 0.29) is 11.2 Å². The molecule has 6 nitrogen and oxygen atoms in total. The van der Waals surface area contributed by atoms with Gasteiger partial charge in [0.1, 0.15) is 5.82 Å². The largest absolute Gasteiger partial charge is 0.385 e. The van der Waals surface area contributed by atoms with Crippen molar-refractivity contribution in [2.45, 2.75) is 142 Å². The van der Waals surface area contributed by atoms with Gasteiger partial charge in [0, 0.05) is 37.6 Å². The Hall–Kier alpha value is -2.50. The number of aromatic amines is 1. The van der Waals surface area contributed by atoms with Gasteiger partial charge in [-0.05, 0) is 37.1 Å². The number of hydrogen-bond donors (Lipinski definition) is 2. The topological polar surface area (TPSA) is 70.1 Å². The Bertz CT molecular complexity index is 996. The zero-order valence-corrected chi connectivity index (χ0v) is 26.7. The maximum Gasteiger partial charge on any atom is 0.329 e. The van der Waals surface area contributed by atoms with Crippen molar-refractivity contribution in [3.05, 3.63) is 51.2 Å². The molecule has 0 amide bonds. The van der Waals surface area contributed by atoms with Gasteiger partial charge in [0.15, 0.2) is 0 Å². The lowest BCUT2D eigenvalue weighted by Crippen LogP contribution is -2.34. The number of nitrogens with zero attached hydrogens (tertiary/aromatic N) is 2. The van der Waals surface area contributed by atoms with E-state index < -0.39 is 0 Å². The van der Waals surface area contributed by atoms with Crippen molar-refractivity contribution in [2.24, 2.45) is 7.05 Å². The van der Waals surface area contributed by atoms with Gasteiger partial charge in [-0.3, -0.25) is 14.3 Å². The molecule has 0 saturated carbocycles. The molecule has 6 heteroatoms. The summed E-state index contributed by atoms with van der Waals surface area (Å²) < 4.78 is 1.11.